The fourth-order valence-corrected chi connectivity index (χ4v) is 9.57. The summed E-state index contributed by atoms with van der Waals surface area (Å²) < 4.78 is 5.04. The molecule has 1 aliphatic heterocycles. The van der Waals surface area contributed by atoms with Crippen LogP contribution in [0.1, 0.15) is 31.4 Å². The van der Waals surface area contributed by atoms with Crippen LogP contribution in [-0.2, 0) is 0 Å². The average Bonchev–Trinajstić information content (AvgIpc) is 3.79. The molecule has 0 saturated heterocycles. The van der Waals surface area contributed by atoms with Gasteiger partial charge in [0.1, 0.15) is 5.84 Å². The quantitative estimate of drug-likeness (QED) is 0.139. The van der Waals surface area contributed by atoms with Crippen molar-refractivity contribution in [2.75, 3.05) is 0 Å². The van der Waals surface area contributed by atoms with Crippen molar-refractivity contribution in [2.45, 2.75) is 36.5 Å². The second kappa shape index (κ2) is 11.5. The van der Waals surface area contributed by atoms with Gasteiger partial charge in [-0.15, -0.1) is 23.1 Å². The number of hydrogen-bond donors (Lipinski definition) is 0. The van der Waals surface area contributed by atoms with E-state index in [2.05, 4.69) is 152 Å². The van der Waals surface area contributed by atoms with Crippen molar-refractivity contribution in [3.63, 3.8) is 0 Å². The first-order chi connectivity index (χ1) is 23.2. The van der Waals surface area contributed by atoms with Crippen molar-refractivity contribution in [3.8, 4) is 0 Å². The van der Waals surface area contributed by atoms with Crippen LogP contribution < -0.4 is 0 Å². The van der Waals surface area contributed by atoms with Crippen molar-refractivity contribution >= 4 is 82.3 Å². The number of benzene rings is 5. The molecule has 5 heteroatoms. The van der Waals surface area contributed by atoms with E-state index in [4.69, 9.17) is 9.98 Å². The van der Waals surface area contributed by atoms with E-state index in [0.29, 0.717) is 0 Å². The zero-order chi connectivity index (χ0) is 31.5. The summed E-state index contributed by atoms with van der Waals surface area (Å²) in [6.07, 6.45) is 7.64. The number of amidine groups is 1. The first-order valence-electron chi connectivity index (χ1n) is 16.4. The fraction of sp³-hybridized carbons (Fsp3) is 0.143. The highest BCUT2D eigenvalue weighted by Crippen LogP contribution is 2.48. The second-order valence-corrected chi connectivity index (χ2v) is 14.7. The molecule has 7 aromatic rings. The highest BCUT2D eigenvalue weighted by Gasteiger charge is 2.34. The van der Waals surface area contributed by atoms with Crippen molar-refractivity contribution in [2.24, 2.45) is 15.9 Å². The average molecular weight is 644 g/mol. The lowest BCUT2D eigenvalue weighted by Crippen LogP contribution is -2.25. The number of para-hydroxylation sites is 1. The van der Waals surface area contributed by atoms with E-state index in [1.54, 1.807) is 0 Å². The van der Waals surface area contributed by atoms with E-state index in [-0.39, 0.29) is 17.2 Å². The fourth-order valence-electron chi connectivity index (χ4n) is 7.09. The van der Waals surface area contributed by atoms with Gasteiger partial charge in [0, 0.05) is 47.3 Å². The van der Waals surface area contributed by atoms with Crippen LogP contribution in [0.2, 0.25) is 0 Å². The zero-order valence-electron chi connectivity index (χ0n) is 26.3. The lowest BCUT2D eigenvalue weighted by atomic mass is 9.94. The van der Waals surface area contributed by atoms with Gasteiger partial charge < -0.3 is 0 Å². The normalized spacial score (nSPS) is 18.6. The van der Waals surface area contributed by atoms with Crippen molar-refractivity contribution in [1.82, 2.24) is 4.57 Å². The SMILES string of the molecule is CCC(C)C(=NC(=NC1C=CC=C2c3ccccc3SC21)c1ccccc1)n1c2ccccc2c2cc3c(cc21)sc1ccccc13. The third-order valence-corrected chi connectivity index (χ3v) is 12.2. The molecule has 0 N–H and O–H groups in total. The van der Waals surface area contributed by atoms with Crippen LogP contribution in [-0.4, -0.2) is 27.5 Å². The maximum absolute atomic E-state index is 5.61. The number of nitrogens with zero attached hydrogens (tertiary/aromatic N) is 3. The molecule has 47 heavy (non-hydrogen) atoms. The molecule has 1 aliphatic carbocycles. The molecule has 2 aliphatic rings. The van der Waals surface area contributed by atoms with Gasteiger partial charge in [0.2, 0.25) is 0 Å². The number of fused-ring (bicyclic) bond motifs is 9. The van der Waals surface area contributed by atoms with E-state index >= 15 is 0 Å². The summed E-state index contributed by atoms with van der Waals surface area (Å²) in [5.41, 5.74) is 6.10. The number of rotatable bonds is 4. The highest BCUT2D eigenvalue weighted by molar-refractivity contribution is 8.01. The highest BCUT2D eigenvalue weighted by atomic mass is 32.2. The van der Waals surface area contributed by atoms with Crippen molar-refractivity contribution < 1.29 is 0 Å². The third-order valence-electron chi connectivity index (χ3n) is 9.63. The molecular formula is C42H33N3S2. The molecule has 2 aromatic heterocycles. The molecule has 228 valence electrons. The Balaban J connectivity index is 1.27. The van der Waals surface area contributed by atoms with E-state index in [1.165, 1.54) is 58.0 Å². The minimum absolute atomic E-state index is 0.0270. The van der Waals surface area contributed by atoms with Gasteiger partial charge >= 0.3 is 0 Å². The van der Waals surface area contributed by atoms with Gasteiger partial charge in [0.05, 0.1) is 22.3 Å². The Hall–Kier alpha value is -4.71. The predicted molar refractivity (Wildman–Crippen MR) is 205 cm³/mol. The third kappa shape index (κ3) is 4.71. The minimum Gasteiger partial charge on any atom is -0.297 e. The molecule has 0 bridgehead atoms. The number of thiophene rings is 1. The number of thioether (sulfide) groups is 1. The Bertz CT molecular complexity index is 2460. The molecule has 3 atom stereocenters. The Kier molecular flexibility index (Phi) is 6.99. The molecule has 5 aromatic carbocycles. The Morgan fingerprint density at radius 2 is 1.53 bits per heavy atom. The van der Waals surface area contributed by atoms with E-state index in [9.17, 15) is 0 Å². The number of hydrogen-bond acceptors (Lipinski definition) is 3. The topological polar surface area (TPSA) is 29.6 Å². The zero-order valence-corrected chi connectivity index (χ0v) is 27.9. The van der Waals surface area contributed by atoms with Crippen LogP contribution in [0.25, 0.3) is 47.6 Å². The van der Waals surface area contributed by atoms with Crippen LogP contribution >= 0.6 is 23.1 Å². The monoisotopic (exact) mass is 643 g/mol. The summed E-state index contributed by atoms with van der Waals surface area (Å²) in [4.78, 5) is 12.4. The van der Waals surface area contributed by atoms with Crippen LogP contribution in [0, 0.1) is 5.92 Å². The van der Waals surface area contributed by atoms with Crippen LogP contribution in [0.15, 0.2) is 148 Å². The summed E-state index contributed by atoms with van der Waals surface area (Å²) in [5.74, 6) is 2.00. The largest absolute Gasteiger partial charge is 0.297 e. The Morgan fingerprint density at radius 3 is 2.40 bits per heavy atom. The molecule has 0 saturated carbocycles. The first kappa shape index (κ1) is 28.5. The van der Waals surface area contributed by atoms with Crippen molar-refractivity contribution in [1.29, 1.82) is 0 Å². The number of aromatic nitrogens is 1. The van der Waals surface area contributed by atoms with E-state index in [1.807, 2.05) is 23.1 Å². The molecular weight excluding hydrogens is 611 g/mol. The van der Waals surface area contributed by atoms with E-state index < -0.39 is 0 Å². The Labute approximate surface area is 282 Å². The van der Waals surface area contributed by atoms with Gasteiger partial charge in [-0.2, -0.15) is 0 Å². The molecule has 9 rings (SSSR count). The van der Waals surface area contributed by atoms with Gasteiger partial charge in [0.25, 0.3) is 0 Å². The molecule has 3 heterocycles. The summed E-state index contributed by atoms with van der Waals surface area (Å²) in [5, 5.41) is 5.38. The van der Waals surface area contributed by atoms with Crippen LogP contribution in [0.4, 0.5) is 0 Å². The number of allylic oxidation sites excluding steroid dienone is 2. The maximum Gasteiger partial charge on any atom is 0.157 e. The summed E-state index contributed by atoms with van der Waals surface area (Å²) in [7, 11) is 0. The molecule has 0 fully saturated rings. The standard InChI is InChI=1S/C42H33N3S2/c1-3-26(2)42(45-35-21-10-7-16-28(35)32-24-33-30-18-9-11-22-37(30)46-39(33)25-36(32)45)44-41(27-14-5-4-6-15-27)43-34-20-13-19-31-29-17-8-12-23-38(29)47-40(31)34/h4-26,34,40H,3H2,1-2H3. The van der Waals surface area contributed by atoms with Crippen LogP contribution in [0.3, 0.4) is 0 Å². The van der Waals surface area contributed by atoms with Crippen LogP contribution in [0.5, 0.6) is 0 Å². The first-order valence-corrected chi connectivity index (χ1v) is 18.1. The van der Waals surface area contributed by atoms with E-state index in [0.717, 1.165) is 23.7 Å². The van der Waals surface area contributed by atoms with Gasteiger partial charge in [0.15, 0.2) is 5.84 Å². The molecule has 0 amide bonds. The Morgan fingerprint density at radius 1 is 0.766 bits per heavy atom. The lowest BCUT2D eigenvalue weighted by molar-refractivity contribution is 0.720. The molecule has 0 radical (unpaired) electrons. The summed E-state index contributed by atoms with van der Waals surface area (Å²) >= 11 is 3.79. The predicted octanol–water partition coefficient (Wildman–Crippen LogP) is 11.4. The van der Waals surface area contributed by atoms with Gasteiger partial charge in [-0.25, -0.2) is 4.99 Å². The molecule has 3 nitrogen and oxygen atoms in total. The second-order valence-electron chi connectivity index (χ2n) is 12.4. The smallest absolute Gasteiger partial charge is 0.157 e. The van der Waals surface area contributed by atoms with Gasteiger partial charge in [-0.1, -0.05) is 117 Å². The minimum atomic E-state index is -0.0270. The molecule has 0 spiro atoms. The maximum atomic E-state index is 5.61. The van der Waals surface area contributed by atoms with Gasteiger partial charge in [-0.3, -0.25) is 9.56 Å². The summed E-state index contributed by atoms with van der Waals surface area (Å²) in [6.45, 7) is 4.55. The van der Waals surface area contributed by atoms with Crippen molar-refractivity contribution in [3.05, 3.63) is 145 Å². The van der Waals surface area contributed by atoms with Gasteiger partial charge in [-0.05, 0) is 47.9 Å². The number of aliphatic imine (C=N–C) groups is 2. The lowest BCUT2D eigenvalue weighted by Gasteiger charge is -2.22. The summed E-state index contributed by atoms with van der Waals surface area (Å²) in [6, 6.07) is 41.6. The molecule has 3 unspecified atom stereocenters.